The molecule has 6 heteroatoms. The number of rotatable bonds is 4. The molecule has 1 amide bonds. The van der Waals surface area contributed by atoms with Crippen LogP contribution in [0.15, 0.2) is 36.8 Å². The number of aryl methyl sites for hydroxylation is 1. The van der Waals surface area contributed by atoms with E-state index in [0.717, 1.165) is 48.4 Å². The number of carbonyl (C=O) groups is 1. The highest BCUT2D eigenvalue weighted by atomic mass is 16.2. The van der Waals surface area contributed by atoms with Crippen molar-refractivity contribution in [2.45, 2.75) is 58.8 Å². The largest absolute Gasteiger partial charge is 0.354 e. The van der Waals surface area contributed by atoms with Gasteiger partial charge in [0, 0.05) is 42.2 Å². The molecule has 3 aromatic heterocycles. The van der Waals surface area contributed by atoms with Crippen LogP contribution in [0.1, 0.15) is 68.6 Å². The lowest BCUT2D eigenvalue weighted by molar-refractivity contribution is -0.131. The second kappa shape index (κ2) is 8.08. The first-order chi connectivity index (χ1) is 15.5. The molecule has 6 nitrogen and oxygen atoms in total. The lowest BCUT2D eigenvalue weighted by atomic mass is 9.87. The lowest BCUT2D eigenvalue weighted by Gasteiger charge is -2.32. The van der Waals surface area contributed by atoms with Crippen LogP contribution < -0.4 is 0 Å². The molecule has 1 fully saturated rings. The second-order valence-electron chi connectivity index (χ2n) is 9.32. The van der Waals surface area contributed by atoms with Crippen LogP contribution in [0.5, 0.6) is 0 Å². The van der Waals surface area contributed by atoms with Gasteiger partial charge in [0.15, 0.2) is 5.65 Å². The third kappa shape index (κ3) is 3.48. The highest BCUT2D eigenvalue weighted by molar-refractivity contribution is 5.92. The summed E-state index contributed by atoms with van der Waals surface area (Å²) in [6.07, 6.45) is 6.33. The van der Waals surface area contributed by atoms with Gasteiger partial charge in [-0.1, -0.05) is 26.8 Å². The predicted octanol–water partition coefficient (Wildman–Crippen LogP) is 5.43. The number of carbonyl (C=O) groups excluding carboxylic acids is 1. The van der Waals surface area contributed by atoms with Crippen LogP contribution in [0.25, 0.3) is 27.8 Å². The summed E-state index contributed by atoms with van der Waals surface area (Å²) >= 11 is 0. The average molecular weight is 430 g/mol. The Labute approximate surface area is 188 Å². The van der Waals surface area contributed by atoms with Gasteiger partial charge in [0.1, 0.15) is 6.33 Å². The van der Waals surface area contributed by atoms with Crippen LogP contribution in [0.2, 0.25) is 0 Å². The number of benzene rings is 1. The smallest absolute Gasteiger partial charge is 0.222 e. The van der Waals surface area contributed by atoms with Gasteiger partial charge in [-0.2, -0.15) is 5.10 Å². The minimum Gasteiger partial charge on any atom is -0.354 e. The topological polar surface area (TPSA) is 66.3 Å². The Kier molecular flexibility index (Phi) is 5.24. The number of aromatic nitrogens is 4. The van der Waals surface area contributed by atoms with Crippen LogP contribution in [-0.4, -0.2) is 43.5 Å². The van der Waals surface area contributed by atoms with Crippen molar-refractivity contribution in [2.75, 3.05) is 13.1 Å². The average Bonchev–Trinajstić information content (AvgIpc) is 3.43. The van der Waals surface area contributed by atoms with Crippen molar-refractivity contribution >= 4 is 22.5 Å². The van der Waals surface area contributed by atoms with Crippen LogP contribution in [0.3, 0.4) is 0 Å². The van der Waals surface area contributed by atoms with Gasteiger partial charge >= 0.3 is 0 Å². The van der Waals surface area contributed by atoms with E-state index in [9.17, 15) is 4.79 Å². The van der Waals surface area contributed by atoms with Gasteiger partial charge in [0.25, 0.3) is 0 Å². The Morgan fingerprint density at radius 2 is 2.00 bits per heavy atom. The first-order valence-corrected chi connectivity index (χ1v) is 11.7. The van der Waals surface area contributed by atoms with Crippen molar-refractivity contribution in [1.29, 1.82) is 0 Å². The molecule has 0 spiro atoms. The molecule has 0 radical (unpaired) electrons. The molecule has 4 heterocycles. The minimum atomic E-state index is 0.274. The number of pyridine rings is 1. The molecular formula is C26H31N5O. The van der Waals surface area contributed by atoms with Gasteiger partial charge in [0.2, 0.25) is 5.91 Å². The summed E-state index contributed by atoms with van der Waals surface area (Å²) in [5, 5.41) is 5.66. The van der Waals surface area contributed by atoms with Gasteiger partial charge in [0.05, 0.1) is 5.69 Å². The van der Waals surface area contributed by atoms with Crippen molar-refractivity contribution in [1.82, 2.24) is 24.5 Å². The molecule has 0 atom stereocenters. The molecule has 0 unspecified atom stereocenters. The summed E-state index contributed by atoms with van der Waals surface area (Å²) in [6.45, 7) is 10.3. The summed E-state index contributed by atoms with van der Waals surface area (Å²) in [6, 6.07) is 9.07. The molecule has 1 aliphatic heterocycles. The molecule has 5 rings (SSSR count). The number of hydrogen-bond acceptors (Lipinski definition) is 3. The Morgan fingerprint density at radius 1 is 1.22 bits per heavy atom. The standard InChI is InChI=1S/C26H31N5O/c1-5-23(32)30-10-8-18(9-11-30)19-6-7-22-21(13-19)24(16(2)3)25(29-22)20-12-17(4)26-27-15-28-31(26)14-20/h6-7,12-16,18,29H,5,8-11H2,1-4H3. The minimum absolute atomic E-state index is 0.274. The third-order valence-corrected chi connectivity index (χ3v) is 6.91. The number of H-pyrrole nitrogens is 1. The van der Waals surface area contributed by atoms with Crippen LogP contribution in [0, 0.1) is 6.92 Å². The Morgan fingerprint density at radius 3 is 2.72 bits per heavy atom. The number of likely N-dealkylation sites (tertiary alicyclic amines) is 1. The molecule has 0 aliphatic carbocycles. The lowest BCUT2D eigenvalue weighted by Crippen LogP contribution is -2.37. The van der Waals surface area contributed by atoms with Crippen molar-refractivity contribution in [2.24, 2.45) is 0 Å². The number of fused-ring (bicyclic) bond motifs is 2. The van der Waals surface area contributed by atoms with E-state index in [-0.39, 0.29) is 5.91 Å². The number of piperidine rings is 1. The van der Waals surface area contributed by atoms with Gasteiger partial charge in [-0.3, -0.25) is 4.79 Å². The fraction of sp³-hybridized carbons (Fsp3) is 0.423. The molecule has 166 valence electrons. The Hall–Kier alpha value is -3.15. The van der Waals surface area contributed by atoms with Crippen LogP contribution in [0.4, 0.5) is 0 Å². The summed E-state index contributed by atoms with van der Waals surface area (Å²) in [7, 11) is 0. The molecule has 0 saturated carbocycles. The fourth-order valence-electron chi connectivity index (χ4n) is 5.23. The molecule has 1 N–H and O–H groups in total. The number of nitrogens with one attached hydrogen (secondary N) is 1. The molecule has 32 heavy (non-hydrogen) atoms. The zero-order chi connectivity index (χ0) is 22.4. The van der Waals surface area contributed by atoms with E-state index < -0.39 is 0 Å². The number of aromatic amines is 1. The van der Waals surface area contributed by atoms with Gasteiger partial charge < -0.3 is 9.88 Å². The third-order valence-electron chi connectivity index (χ3n) is 6.91. The SMILES string of the molecule is CCC(=O)N1CCC(c2ccc3[nH]c(-c4cc(C)c5ncnn5c4)c(C(C)C)c3c2)CC1. The van der Waals surface area contributed by atoms with Crippen LogP contribution in [-0.2, 0) is 4.79 Å². The van der Waals surface area contributed by atoms with E-state index in [2.05, 4.69) is 66.3 Å². The van der Waals surface area contributed by atoms with Gasteiger partial charge in [-0.05, 0) is 66.5 Å². The molecule has 1 aliphatic rings. The molecule has 4 aromatic rings. The fourth-order valence-corrected chi connectivity index (χ4v) is 5.23. The highest BCUT2D eigenvalue weighted by Crippen LogP contribution is 2.38. The summed E-state index contributed by atoms with van der Waals surface area (Å²) in [5.74, 6) is 1.16. The molecule has 1 saturated heterocycles. The molecular weight excluding hydrogens is 398 g/mol. The Bertz CT molecular complexity index is 1290. The number of amides is 1. The monoisotopic (exact) mass is 429 g/mol. The second-order valence-corrected chi connectivity index (χ2v) is 9.32. The maximum atomic E-state index is 12.0. The Balaban J connectivity index is 1.54. The zero-order valence-corrected chi connectivity index (χ0v) is 19.4. The number of nitrogens with zero attached hydrogens (tertiary/aromatic N) is 4. The summed E-state index contributed by atoms with van der Waals surface area (Å²) in [4.78, 5) is 22.1. The van der Waals surface area contributed by atoms with Gasteiger partial charge in [-0.15, -0.1) is 0 Å². The van der Waals surface area contributed by atoms with E-state index in [1.807, 2.05) is 16.3 Å². The van der Waals surface area contributed by atoms with E-state index in [0.29, 0.717) is 18.3 Å². The van der Waals surface area contributed by atoms with E-state index in [1.165, 1.54) is 22.0 Å². The maximum Gasteiger partial charge on any atom is 0.222 e. The highest BCUT2D eigenvalue weighted by Gasteiger charge is 2.24. The first kappa shape index (κ1) is 20.7. The zero-order valence-electron chi connectivity index (χ0n) is 19.4. The van der Waals surface area contributed by atoms with E-state index >= 15 is 0 Å². The van der Waals surface area contributed by atoms with Crippen molar-refractivity contribution < 1.29 is 4.79 Å². The van der Waals surface area contributed by atoms with Crippen molar-refractivity contribution in [3.63, 3.8) is 0 Å². The summed E-state index contributed by atoms with van der Waals surface area (Å²) < 4.78 is 1.86. The molecule has 1 aromatic carbocycles. The van der Waals surface area contributed by atoms with Crippen molar-refractivity contribution in [3.8, 4) is 11.3 Å². The first-order valence-electron chi connectivity index (χ1n) is 11.7. The van der Waals surface area contributed by atoms with E-state index in [4.69, 9.17) is 0 Å². The maximum absolute atomic E-state index is 12.0. The quantitative estimate of drug-likeness (QED) is 0.471. The van der Waals surface area contributed by atoms with Crippen LogP contribution >= 0.6 is 0 Å². The summed E-state index contributed by atoms with van der Waals surface area (Å²) in [5.41, 5.74) is 8.20. The predicted molar refractivity (Wildman–Crippen MR) is 128 cm³/mol. The normalized spacial score (nSPS) is 15.3. The molecule has 0 bridgehead atoms. The van der Waals surface area contributed by atoms with Gasteiger partial charge in [-0.25, -0.2) is 9.50 Å². The number of hydrogen-bond donors (Lipinski definition) is 1. The van der Waals surface area contributed by atoms with E-state index in [1.54, 1.807) is 6.33 Å². The van der Waals surface area contributed by atoms with Crippen molar-refractivity contribution in [3.05, 3.63) is 53.5 Å².